The zero-order valence-electron chi connectivity index (χ0n) is 11.5. The van der Waals surface area contributed by atoms with Crippen LogP contribution in [0.1, 0.15) is 18.9 Å². The van der Waals surface area contributed by atoms with Crippen molar-refractivity contribution in [3.05, 3.63) is 29.8 Å². The number of anilines is 1. The summed E-state index contributed by atoms with van der Waals surface area (Å²) in [6.45, 7) is 5.62. The van der Waals surface area contributed by atoms with E-state index in [-0.39, 0.29) is 6.61 Å². The van der Waals surface area contributed by atoms with Crippen LogP contribution in [0, 0.1) is 0 Å². The fraction of sp³-hybridized carbons (Fsp3) is 0.600. The smallest absolute Gasteiger partial charge is 0.0446 e. The van der Waals surface area contributed by atoms with Gasteiger partial charge in [-0.2, -0.15) is 0 Å². The molecule has 3 nitrogen and oxygen atoms in total. The Labute approximate surface area is 110 Å². The summed E-state index contributed by atoms with van der Waals surface area (Å²) in [5.74, 6) is 0. The van der Waals surface area contributed by atoms with Crippen molar-refractivity contribution in [1.29, 1.82) is 0 Å². The molecule has 1 N–H and O–H groups in total. The SMILES string of the molecule is CCc1ccc(N2CCN(C)C(CCO)C2)cc1. The Morgan fingerprint density at radius 1 is 1.22 bits per heavy atom. The highest BCUT2D eigenvalue weighted by Gasteiger charge is 2.23. The highest BCUT2D eigenvalue weighted by molar-refractivity contribution is 5.48. The molecule has 0 aromatic heterocycles. The molecule has 1 saturated heterocycles. The number of nitrogens with zero attached hydrogens (tertiary/aromatic N) is 2. The van der Waals surface area contributed by atoms with Gasteiger partial charge in [-0.05, 0) is 37.6 Å². The molecule has 18 heavy (non-hydrogen) atoms. The van der Waals surface area contributed by atoms with Gasteiger partial charge < -0.3 is 10.0 Å². The molecule has 0 amide bonds. The molecule has 1 heterocycles. The second kappa shape index (κ2) is 6.21. The lowest BCUT2D eigenvalue weighted by atomic mass is 10.1. The van der Waals surface area contributed by atoms with E-state index in [9.17, 15) is 0 Å². The molecule has 2 rings (SSSR count). The molecule has 3 heteroatoms. The topological polar surface area (TPSA) is 26.7 Å². The van der Waals surface area contributed by atoms with E-state index in [0.29, 0.717) is 6.04 Å². The summed E-state index contributed by atoms with van der Waals surface area (Å²) in [7, 11) is 2.15. The number of benzene rings is 1. The predicted molar refractivity (Wildman–Crippen MR) is 76.2 cm³/mol. The molecule has 1 aliphatic rings. The van der Waals surface area contributed by atoms with Crippen molar-refractivity contribution in [2.24, 2.45) is 0 Å². The van der Waals surface area contributed by atoms with Crippen LogP contribution >= 0.6 is 0 Å². The molecule has 1 aliphatic heterocycles. The minimum Gasteiger partial charge on any atom is -0.396 e. The minimum atomic E-state index is 0.275. The van der Waals surface area contributed by atoms with Crippen molar-refractivity contribution in [1.82, 2.24) is 4.90 Å². The van der Waals surface area contributed by atoms with Crippen LogP contribution in [0.5, 0.6) is 0 Å². The maximum absolute atomic E-state index is 9.12. The molecule has 0 spiro atoms. The van der Waals surface area contributed by atoms with Crippen LogP contribution in [0.3, 0.4) is 0 Å². The number of hydrogen-bond donors (Lipinski definition) is 1. The van der Waals surface area contributed by atoms with Gasteiger partial charge in [0.1, 0.15) is 0 Å². The molecule has 0 aliphatic carbocycles. The van der Waals surface area contributed by atoms with E-state index < -0.39 is 0 Å². The summed E-state index contributed by atoms with van der Waals surface area (Å²) in [5, 5.41) is 9.12. The zero-order valence-corrected chi connectivity index (χ0v) is 11.5. The van der Waals surface area contributed by atoms with Gasteiger partial charge in [0.15, 0.2) is 0 Å². The van der Waals surface area contributed by atoms with Crippen LogP contribution in [0.15, 0.2) is 24.3 Å². The third-order valence-electron chi connectivity index (χ3n) is 3.95. The van der Waals surface area contributed by atoms with Crippen LogP contribution < -0.4 is 4.90 Å². The Balaban J connectivity index is 2.03. The number of likely N-dealkylation sites (N-methyl/N-ethyl adjacent to an activating group) is 1. The van der Waals surface area contributed by atoms with Gasteiger partial charge in [0.05, 0.1) is 0 Å². The van der Waals surface area contributed by atoms with Gasteiger partial charge in [0.25, 0.3) is 0 Å². The summed E-state index contributed by atoms with van der Waals surface area (Å²) < 4.78 is 0. The number of piperazine rings is 1. The number of aliphatic hydroxyl groups is 1. The van der Waals surface area contributed by atoms with Crippen molar-refractivity contribution >= 4 is 5.69 Å². The Morgan fingerprint density at radius 2 is 1.94 bits per heavy atom. The maximum Gasteiger partial charge on any atom is 0.0446 e. The van der Waals surface area contributed by atoms with Gasteiger partial charge in [0.2, 0.25) is 0 Å². The third-order valence-corrected chi connectivity index (χ3v) is 3.95. The second-order valence-corrected chi connectivity index (χ2v) is 5.11. The van der Waals surface area contributed by atoms with Gasteiger partial charge in [0, 0.05) is 38.0 Å². The van der Waals surface area contributed by atoms with E-state index in [2.05, 4.69) is 48.0 Å². The van der Waals surface area contributed by atoms with E-state index in [1.54, 1.807) is 0 Å². The number of aryl methyl sites for hydroxylation is 1. The summed E-state index contributed by atoms with van der Waals surface area (Å²) in [5.41, 5.74) is 2.70. The van der Waals surface area contributed by atoms with E-state index in [4.69, 9.17) is 5.11 Å². The first-order valence-electron chi connectivity index (χ1n) is 6.89. The molecular weight excluding hydrogens is 224 g/mol. The lowest BCUT2D eigenvalue weighted by Crippen LogP contribution is -2.51. The first-order valence-corrected chi connectivity index (χ1v) is 6.89. The monoisotopic (exact) mass is 248 g/mol. The first kappa shape index (κ1) is 13.4. The summed E-state index contributed by atoms with van der Waals surface area (Å²) >= 11 is 0. The van der Waals surface area contributed by atoms with Gasteiger partial charge >= 0.3 is 0 Å². The molecule has 1 unspecified atom stereocenters. The van der Waals surface area contributed by atoms with Crippen LogP contribution in [0.25, 0.3) is 0 Å². The Hall–Kier alpha value is -1.06. The van der Waals surface area contributed by atoms with E-state index >= 15 is 0 Å². The molecule has 1 atom stereocenters. The standard InChI is InChI=1S/C15H24N2O/c1-3-13-4-6-14(7-5-13)17-10-9-16(2)15(12-17)8-11-18/h4-7,15,18H,3,8-12H2,1-2H3. The van der Waals surface area contributed by atoms with Crippen LogP contribution in [-0.2, 0) is 6.42 Å². The highest BCUT2D eigenvalue weighted by Crippen LogP contribution is 2.20. The quantitative estimate of drug-likeness (QED) is 0.879. The van der Waals surface area contributed by atoms with E-state index in [1.807, 2.05) is 0 Å². The van der Waals surface area contributed by atoms with Crippen molar-refractivity contribution in [2.75, 3.05) is 38.2 Å². The molecule has 1 aromatic rings. The number of hydrogen-bond acceptors (Lipinski definition) is 3. The van der Waals surface area contributed by atoms with E-state index in [1.165, 1.54) is 11.3 Å². The third kappa shape index (κ3) is 3.03. The number of aliphatic hydroxyl groups excluding tert-OH is 1. The fourth-order valence-corrected chi connectivity index (χ4v) is 2.58. The van der Waals surface area contributed by atoms with Crippen LogP contribution in [-0.4, -0.2) is 49.3 Å². The molecule has 1 aromatic carbocycles. The highest BCUT2D eigenvalue weighted by atomic mass is 16.3. The average molecular weight is 248 g/mol. The van der Waals surface area contributed by atoms with E-state index in [0.717, 1.165) is 32.5 Å². The molecule has 0 bridgehead atoms. The van der Waals surface area contributed by atoms with Crippen molar-refractivity contribution in [3.8, 4) is 0 Å². The first-order chi connectivity index (χ1) is 8.74. The normalized spacial score (nSPS) is 21.3. The number of rotatable bonds is 4. The summed E-state index contributed by atoms with van der Waals surface area (Å²) in [4.78, 5) is 4.78. The van der Waals surface area contributed by atoms with Crippen LogP contribution in [0.2, 0.25) is 0 Å². The molecule has 1 fully saturated rings. The average Bonchev–Trinajstić information content (AvgIpc) is 2.42. The van der Waals surface area contributed by atoms with Gasteiger partial charge in [-0.25, -0.2) is 0 Å². The minimum absolute atomic E-state index is 0.275. The second-order valence-electron chi connectivity index (χ2n) is 5.11. The van der Waals surface area contributed by atoms with Crippen molar-refractivity contribution in [3.63, 3.8) is 0 Å². The summed E-state index contributed by atoms with van der Waals surface area (Å²) in [6.07, 6.45) is 1.95. The molecule has 0 radical (unpaired) electrons. The zero-order chi connectivity index (χ0) is 13.0. The largest absolute Gasteiger partial charge is 0.396 e. The lowest BCUT2D eigenvalue weighted by molar-refractivity contribution is 0.171. The predicted octanol–water partition coefficient (Wildman–Crippen LogP) is 1.75. The van der Waals surface area contributed by atoms with Gasteiger partial charge in [-0.15, -0.1) is 0 Å². The molecule has 100 valence electrons. The Kier molecular flexibility index (Phi) is 4.61. The lowest BCUT2D eigenvalue weighted by Gasteiger charge is -2.40. The van der Waals surface area contributed by atoms with Gasteiger partial charge in [-0.3, -0.25) is 4.90 Å². The van der Waals surface area contributed by atoms with Crippen LogP contribution in [0.4, 0.5) is 5.69 Å². The molecule has 0 saturated carbocycles. The van der Waals surface area contributed by atoms with Crippen molar-refractivity contribution in [2.45, 2.75) is 25.8 Å². The summed E-state index contributed by atoms with van der Waals surface area (Å²) in [6, 6.07) is 9.35. The molecular formula is C15H24N2O. The van der Waals surface area contributed by atoms with Crippen molar-refractivity contribution < 1.29 is 5.11 Å². The fourth-order valence-electron chi connectivity index (χ4n) is 2.58. The van der Waals surface area contributed by atoms with Gasteiger partial charge in [-0.1, -0.05) is 19.1 Å². The Morgan fingerprint density at radius 3 is 2.56 bits per heavy atom. The maximum atomic E-state index is 9.12. The Bertz CT molecular complexity index is 363.